The van der Waals surface area contributed by atoms with Gasteiger partial charge in [0.15, 0.2) is 0 Å². The number of hydrogen-bond donors (Lipinski definition) is 0. The second-order valence-corrected chi connectivity index (χ2v) is 29.2. The van der Waals surface area contributed by atoms with Gasteiger partial charge in [0.05, 0.1) is 5.69 Å². The fraction of sp³-hybridized carbons (Fsp3) is 0. The molecule has 0 amide bonds. The molecular formula is C84H53B2N5OSe2. The molecule has 0 saturated heterocycles. The van der Waals surface area contributed by atoms with Crippen LogP contribution in [0.15, 0.2) is 322 Å². The molecule has 438 valence electrons. The fourth-order valence-corrected chi connectivity index (χ4v) is 20.6. The third kappa shape index (κ3) is 8.11. The summed E-state index contributed by atoms with van der Waals surface area (Å²) in [5.74, 6) is 1.68. The second-order valence-electron chi connectivity index (χ2n) is 24.7. The van der Waals surface area contributed by atoms with E-state index >= 15 is 0 Å². The van der Waals surface area contributed by atoms with Gasteiger partial charge < -0.3 is 9.80 Å². The van der Waals surface area contributed by atoms with Crippen LogP contribution in [0.1, 0.15) is 0 Å². The molecule has 2 aromatic heterocycles. The van der Waals surface area contributed by atoms with Gasteiger partial charge in [0.1, 0.15) is 0 Å². The predicted octanol–water partition coefficient (Wildman–Crippen LogP) is 17.8. The molecule has 10 heteroatoms. The fourth-order valence-electron chi connectivity index (χ4n) is 15.8. The van der Waals surface area contributed by atoms with Crippen molar-refractivity contribution in [1.82, 2.24) is 0 Å². The third-order valence-corrected chi connectivity index (χ3v) is 24.3. The number of fused-ring (bicyclic) bond motifs is 14. The van der Waals surface area contributed by atoms with Crippen LogP contribution in [0, 0.1) is 0 Å². The van der Waals surface area contributed by atoms with Crippen LogP contribution in [0.5, 0.6) is 11.5 Å². The third-order valence-electron chi connectivity index (χ3n) is 19.6. The van der Waals surface area contributed by atoms with Gasteiger partial charge in [-0.2, -0.15) is 0 Å². The first kappa shape index (κ1) is 53.7. The van der Waals surface area contributed by atoms with E-state index in [0.29, 0.717) is 0 Å². The van der Waals surface area contributed by atoms with Crippen molar-refractivity contribution in [1.29, 1.82) is 0 Å². The van der Waals surface area contributed by atoms with Crippen LogP contribution in [-0.2, 0) is 0 Å². The average molecular weight is 1330 g/mol. The SMILES string of the molecule is c1ccc(N(c2ccccc2)c2cc3c4c(c2)N(c2ccccc2)c2cc5c(cc2B4c2ccccc2N3c2ccccc2)B2c3ccccc3N(c3cccc4[se]c6ccccc6c34)c3cc(N(c4ccccc4)c4cccc6[se]c7ccccc7c46)cc(c32)O5)cc1. The van der Waals surface area contributed by atoms with Gasteiger partial charge in [0.25, 0.3) is 0 Å². The normalized spacial score (nSPS) is 13.1. The molecule has 4 aliphatic heterocycles. The number of ether oxygens (including phenoxy) is 1. The van der Waals surface area contributed by atoms with Crippen LogP contribution in [0.4, 0.5) is 85.3 Å². The zero-order valence-corrected chi connectivity index (χ0v) is 54.1. The summed E-state index contributed by atoms with van der Waals surface area (Å²) >= 11 is 0.323. The Morgan fingerprint density at radius 2 is 0.702 bits per heavy atom. The van der Waals surface area contributed by atoms with Gasteiger partial charge in [-0.1, -0.05) is 91.0 Å². The molecule has 0 bridgehead atoms. The summed E-state index contributed by atoms with van der Waals surface area (Å²) < 4.78 is 13.6. The minimum Gasteiger partial charge on any atom is -0.0602 e. The summed E-state index contributed by atoms with van der Waals surface area (Å²) in [6.07, 6.45) is 0. The quantitative estimate of drug-likeness (QED) is 0.134. The monoisotopic (exact) mass is 1330 g/mol. The van der Waals surface area contributed by atoms with Gasteiger partial charge in [0.2, 0.25) is 0 Å². The van der Waals surface area contributed by atoms with Gasteiger partial charge >= 0.3 is 348 Å². The standard InChI is InChI=1S/C84H53B2N5OSe2/c1-6-26-54(27-7-1)87(55-28-8-2-9-29-55)59-48-72-83-73(49-59)90(58-34-14-5-15-35-58)71-53-75-66(52-65(71)85(83)63-38-18-20-40-67(63)89(72)57-32-12-4-13-33-57)86-64-39-19-21-41-68(64)91(70-43-25-47-80-82(70)62-37-17-23-45-78(62)94-80)74-50-60(51-76(92-75)84(74)86)88(56-30-10-3-11-31-56)69-42-24-46-79-81(69)61-36-16-22-44-77(61)93-79/h1-53H. The Balaban J connectivity index is 0.875. The Morgan fingerprint density at radius 3 is 1.31 bits per heavy atom. The molecule has 16 aromatic rings. The molecule has 0 spiro atoms. The molecule has 6 nitrogen and oxygen atoms in total. The molecule has 0 saturated carbocycles. The predicted molar refractivity (Wildman–Crippen MR) is 400 cm³/mol. The van der Waals surface area contributed by atoms with Crippen molar-refractivity contribution in [3.8, 4) is 11.5 Å². The van der Waals surface area contributed by atoms with E-state index < -0.39 is 0 Å². The van der Waals surface area contributed by atoms with Crippen LogP contribution < -0.4 is 62.0 Å². The van der Waals surface area contributed by atoms with E-state index in [1.807, 2.05) is 0 Å². The smallest absolute Gasteiger partial charge is 0.0380 e. The Morgan fingerprint density at radius 1 is 0.266 bits per heavy atom. The summed E-state index contributed by atoms with van der Waals surface area (Å²) in [7, 11) is 0. The maximum absolute atomic E-state index is 7.96. The molecule has 14 aromatic carbocycles. The molecular weight excluding hydrogens is 1270 g/mol. The Labute approximate surface area is 557 Å². The first-order valence-corrected chi connectivity index (χ1v) is 35.6. The van der Waals surface area contributed by atoms with Crippen molar-refractivity contribution < 1.29 is 4.74 Å². The Bertz CT molecular complexity index is 5690. The number of hydrogen-bond acceptors (Lipinski definition) is 6. The van der Waals surface area contributed by atoms with Crippen LogP contribution in [0.3, 0.4) is 0 Å². The van der Waals surface area contributed by atoms with Crippen molar-refractivity contribution in [2.75, 3.05) is 24.5 Å². The van der Waals surface area contributed by atoms with E-state index in [1.165, 1.54) is 66.1 Å². The minimum atomic E-state index is -0.201. The number of benzene rings is 14. The molecule has 0 unspecified atom stereocenters. The van der Waals surface area contributed by atoms with E-state index in [-0.39, 0.29) is 42.4 Å². The topological polar surface area (TPSA) is 25.4 Å². The molecule has 20 rings (SSSR count). The zero-order chi connectivity index (χ0) is 61.5. The molecule has 0 atom stereocenters. The summed E-state index contributed by atoms with van der Waals surface area (Å²) in [4.78, 5) is 12.5. The van der Waals surface area contributed by atoms with Gasteiger partial charge in [-0.3, -0.25) is 0 Å². The maximum Gasteiger partial charge on any atom is -0.0380 e. The number of para-hydroxylation sites is 7. The van der Waals surface area contributed by atoms with Crippen molar-refractivity contribution in [3.63, 3.8) is 0 Å². The van der Waals surface area contributed by atoms with Crippen LogP contribution in [0.25, 0.3) is 38.6 Å². The molecule has 0 N–H and O–H groups in total. The molecule has 0 radical (unpaired) electrons. The van der Waals surface area contributed by atoms with Gasteiger partial charge in [-0.25, -0.2) is 0 Å². The molecule has 0 fully saturated rings. The zero-order valence-electron chi connectivity index (χ0n) is 50.7. The summed E-state index contributed by atoms with van der Waals surface area (Å²) in [5, 5.41) is 5.24. The second kappa shape index (κ2) is 21.3. The molecule has 4 aliphatic rings. The summed E-state index contributed by atoms with van der Waals surface area (Å²) in [6, 6.07) is 120. The van der Waals surface area contributed by atoms with E-state index in [1.54, 1.807) is 0 Å². The van der Waals surface area contributed by atoms with Crippen LogP contribution >= 0.6 is 0 Å². The molecule has 6 heterocycles. The maximum atomic E-state index is 7.96. The van der Waals surface area contributed by atoms with Gasteiger partial charge in [0, 0.05) is 39.8 Å². The Kier molecular flexibility index (Phi) is 12.2. The Hall–Kier alpha value is -11.0. The number of anilines is 15. The largest absolute Gasteiger partial charge is 0.0602 e. The van der Waals surface area contributed by atoms with E-state index in [2.05, 4.69) is 346 Å². The van der Waals surface area contributed by atoms with Crippen molar-refractivity contribution in [3.05, 3.63) is 322 Å². The minimum absolute atomic E-state index is 0.157. The molecule has 0 aliphatic carbocycles. The first-order chi connectivity index (χ1) is 46.7. The van der Waals surface area contributed by atoms with Crippen molar-refractivity contribution in [2.24, 2.45) is 0 Å². The van der Waals surface area contributed by atoms with E-state index in [4.69, 9.17) is 4.74 Å². The summed E-state index contributed by atoms with van der Waals surface area (Å²) in [6.45, 7) is -0.365. The van der Waals surface area contributed by atoms with E-state index in [0.717, 1.165) is 102 Å². The van der Waals surface area contributed by atoms with Gasteiger partial charge in [-0.05, 0) is 66.7 Å². The van der Waals surface area contributed by atoms with Gasteiger partial charge in [-0.15, -0.1) is 0 Å². The number of nitrogens with zero attached hydrogens (tertiary/aromatic N) is 5. The van der Waals surface area contributed by atoms with Crippen molar-refractivity contribution in [2.45, 2.75) is 0 Å². The first-order valence-electron chi connectivity index (χ1n) is 32.1. The van der Waals surface area contributed by atoms with Crippen LogP contribution in [-0.4, -0.2) is 42.4 Å². The average Bonchev–Trinajstić information content (AvgIpc) is 0.829. The van der Waals surface area contributed by atoms with E-state index in [9.17, 15) is 0 Å². The van der Waals surface area contributed by atoms with Crippen LogP contribution in [0.2, 0.25) is 0 Å². The molecule has 94 heavy (non-hydrogen) atoms. The van der Waals surface area contributed by atoms with Crippen molar-refractivity contribution >= 4 is 199 Å². The summed E-state index contributed by atoms with van der Waals surface area (Å²) in [5.41, 5.74) is 23.8. The number of rotatable bonds is 9.